The van der Waals surface area contributed by atoms with E-state index in [0.717, 1.165) is 22.3 Å². The quantitative estimate of drug-likeness (QED) is 0.489. The van der Waals surface area contributed by atoms with Crippen molar-refractivity contribution in [3.8, 4) is 11.1 Å². The zero-order chi connectivity index (χ0) is 28.0. The van der Waals surface area contributed by atoms with Gasteiger partial charge in [0.05, 0.1) is 6.10 Å². The number of ether oxygens (including phenoxy) is 2. The highest BCUT2D eigenvalue weighted by molar-refractivity contribution is 5.90. The van der Waals surface area contributed by atoms with Crippen LogP contribution in [0.5, 0.6) is 0 Å². The molecule has 206 valence electrons. The van der Waals surface area contributed by atoms with Crippen molar-refractivity contribution in [2.75, 3.05) is 13.2 Å². The molecule has 3 aromatic rings. The van der Waals surface area contributed by atoms with Crippen molar-refractivity contribution in [3.05, 3.63) is 95.3 Å². The van der Waals surface area contributed by atoms with Gasteiger partial charge >= 0.3 is 12.1 Å². The van der Waals surface area contributed by atoms with Crippen LogP contribution >= 0.6 is 0 Å². The smallest absolute Gasteiger partial charge is 0.410 e. The van der Waals surface area contributed by atoms with Crippen LogP contribution in [0.15, 0.2) is 72.8 Å². The summed E-state index contributed by atoms with van der Waals surface area (Å²) in [5.74, 6) is -2.33. The van der Waals surface area contributed by atoms with Crippen LogP contribution in [0.3, 0.4) is 0 Å². The standard InChI is InChI=1S/C31H29FN2O6/c1-18-27(30(36)37)34(29(40-18)19-12-14-20(32)15-13-19)28(35)26-11-6-16-33(26)31(38)39-17-25-23-9-4-2-7-21(23)22-8-3-5-10-24(22)25/h2-5,7-10,12-15,18,25-27,29H,6,11,16-17H2,1H3,(H,36,37)/t18-,26+,27+,29-/m1/s1. The summed E-state index contributed by atoms with van der Waals surface area (Å²) in [5, 5.41) is 9.96. The molecule has 2 fully saturated rings. The van der Waals surface area contributed by atoms with Crippen LogP contribution in [0.25, 0.3) is 11.1 Å². The number of carbonyl (C=O) groups excluding carboxylic acids is 2. The van der Waals surface area contributed by atoms with Gasteiger partial charge in [-0.25, -0.2) is 14.0 Å². The van der Waals surface area contributed by atoms with E-state index < -0.39 is 48.2 Å². The summed E-state index contributed by atoms with van der Waals surface area (Å²) >= 11 is 0. The number of rotatable bonds is 5. The molecule has 0 unspecified atom stereocenters. The van der Waals surface area contributed by atoms with E-state index in [4.69, 9.17) is 9.47 Å². The molecule has 0 radical (unpaired) electrons. The number of nitrogens with zero attached hydrogens (tertiary/aromatic N) is 2. The first-order valence-corrected chi connectivity index (χ1v) is 13.4. The Labute approximate surface area is 230 Å². The summed E-state index contributed by atoms with van der Waals surface area (Å²) in [6, 6.07) is 19.3. The zero-order valence-electron chi connectivity index (χ0n) is 21.9. The molecular formula is C31H29FN2O6. The molecule has 0 saturated carbocycles. The molecule has 1 aliphatic carbocycles. The second-order valence-electron chi connectivity index (χ2n) is 10.4. The van der Waals surface area contributed by atoms with Crippen LogP contribution < -0.4 is 0 Å². The predicted molar refractivity (Wildman–Crippen MR) is 143 cm³/mol. The molecule has 0 spiro atoms. The number of halogens is 1. The molecule has 2 heterocycles. The van der Waals surface area contributed by atoms with E-state index in [1.165, 1.54) is 34.1 Å². The Bertz CT molecular complexity index is 1410. The van der Waals surface area contributed by atoms with E-state index in [1.54, 1.807) is 6.92 Å². The molecule has 3 aliphatic rings. The number of carboxylic acid groups (broad SMARTS) is 1. The second kappa shape index (κ2) is 10.4. The van der Waals surface area contributed by atoms with Gasteiger partial charge in [0.15, 0.2) is 12.3 Å². The van der Waals surface area contributed by atoms with Gasteiger partial charge in [0, 0.05) is 18.0 Å². The van der Waals surface area contributed by atoms with Crippen LogP contribution in [0.4, 0.5) is 9.18 Å². The minimum absolute atomic E-state index is 0.115. The van der Waals surface area contributed by atoms with Crippen molar-refractivity contribution >= 4 is 18.0 Å². The van der Waals surface area contributed by atoms with Crippen LogP contribution in [0, 0.1) is 5.82 Å². The summed E-state index contributed by atoms with van der Waals surface area (Å²) in [6.45, 7) is 2.01. The van der Waals surface area contributed by atoms with Crippen molar-refractivity contribution < 1.29 is 33.4 Å². The number of hydrogen-bond acceptors (Lipinski definition) is 5. The van der Waals surface area contributed by atoms with Gasteiger partial charge in [-0.05, 0) is 54.2 Å². The fourth-order valence-electron chi connectivity index (χ4n) is 6.25. The molecule has 0 bridgehead atoms. The first-order chi connectivity index (χ1) is 19.3. The molecule has 8 nitrogen and oxygen atoms in total. The van der Waals surface area contributed by atoms with Crippen molar-refractivity contribution in [2.24, 2.45) is 0 Å². The average molecular weight is 545 g/mol. The lowest BCUT2D eigenvalue weighted by molar-refractivity contribution is -0.152. The number of fused-ring (bicyclic) bond motifs is 3. The maximum Gasteiger partial charge on any atom is 0.410 e. The van der Waals surface area contributed by atoms with E-state index >= 15 is 0 Å². The molecule has 3 aromatic carbocycles. The molecule has 0 aromatic heterocycles. The fraction of sp³-hybridized carbons (Fsp3) is 0.323. The number of carbonyl (C=O) groups is 3. The lowest BCUT2D eigenvalue weighted by atomic mass is 9.98. The molecule has 2 saturated heterocycles. The molecule has 40 heavy (non-hydrogen) atoms. The summed E-state index contributed by atoms with van der Waals surface area (Å²) in [6.07, 6.45) is -1.49. The van der Waals surface area contributed by atoms with E-state index in [9.17, 15) is 23.9 Å². The molecular weight excluding hydrogens is 515 g/mol. The minimum atomic E-state index is -1.26. The van der Waals surface area contributed by atoms with Crippen molar-refractivity contribution in [1.29, 1.82) is 0 Å². The van der Waals surface area contributed by atoms with E-state index in [1.807, 2.05) is 36.4 Å². The Morgan fingerprint density at radius 1 is 0.975 bits per heavy atom. The van der Waals surface area contributed by atoms with Gasteiger partial charge in [-0.1, -0.05) is 60.7 Å². The summed E-state index contributed by atoms with van der Waals surface area (Å²) in [4.78, 5) is 42.1. The summed E-state index contributed by atoms with van der Waals surface area (Å²) < 4.78 is 25.3. The van der Waals surface area contributed by atoms with Gasteiger partial charge in [-0.2, -0.15) is 0 Å². The maximum atomic E-state index is 13.9. The Kier molecular flexibility index (Phi) is 6.75. The normalized spacial score (nSPS) is 23.6. The van der Waals surface area contributed by atoms with Gasteiger partial charge in [-0.3, -0.25) is 14.6 Å². The number of amides is 2. The Balaban J connectivity index is 1.22. The molecule has 6 rings (SSSR count). The third kappa shape index (κ3) is 4.40. The average Bonchev–Trinajstić information content (AvgIpc) is 3.66. The van der Waals surface area contributed by atoms with Gasteiger partial charge in [0.2, 0.25) is 5.91 Å². The van der Waals surface area contributed by atoms with Gasteiger partial charge in [-0.15, -0.1) is 0 Å². The van der Waals surface area contributed by atoms with Crippen molar-refractivity contribution in [1.82, 2.24) is 9.80 Å². The number of carboxylic acids is 1. The topological polar surface area (TPSA) is 96.4 Å². The Hall–Kier alpha value is -4.24. The highest BCUT2D eigenvalue weighted by atomic mass is 19.1. The summed E-state index contributed by atoms with van der Waals surface area (Å²) in [5.41, 5.74) is 4.85. The number of aliphatic carboxylic acids is 1. The largest absolute Gasteiger partial charge is 0.480 e. The van der Waals surface area contributed by atoms with E-state index in [-0.39, 0.29) is 12.5 Å². The lowest BCUT2D eigenvalue weighted by Gasteiger charge is -2.32. The molecule has 2 amide bonds. The van der Waals surface area contributed by atoms with Gasteiger partial charge < -0.3 is 14.6 Å². The minimum Gasteiger partial charge on any atom is -0.480 e. The number of likely N-dealkylation sites (tertiary alicyclic amines) is 1. The van der Waals surface area contributed by atoms with Crippen LogP contribution in [0.2, 0.25) is 0 Å². The van der Waals surface area contributed by atoms with Crippen LogP contribution in [0.1, 0.15) is 48.6 Å². The molecule has 4 atom stereocenters. The number of benzene rings is 3. The summed E-state index contributed by atoms with van der Waals surface area (Å²) in [7, 11) is 0. The maximum absolute atomic E-state index is 13.9. The van der Waals surface area contributed by atoms with Gasteiger partial charge in [0.1, 0.15) is 18.5 Å². The van der Waals surface area contributed by atoms with Crippen molar-refractivity contribution in [2.45, 2.75) is 50.1 Å². The first-order valence-electron chi connectivity index (χ1n) is 13.4. The fourth-order valence-corrected chi connectivity index (χ4v) is 6.25. The molecule has 9 heteroatoms. The van der Waals surface area contributed by atoms with E-state index in [0.29, 0.717) is 24.9 Å². The molecule has 2 aliphatic heterocycles. The highest BCUT2D eigenvalue weighted by Crippen LogP contribution is 2.44. The van der Waals surface area contributed by atoms with Gasteiger partial charge in [0.25, 0.3) is 0 Å². The molecule has 1 N–H and O–H groups in total. The second-order valence-corrected chi connectivity index (χ2v) is 10.4. The Morgan fingerprint density at radius 3 is 2.23 bits per heavy atom. The monoisotopic (exact) mass is 544 g/mol. The third-order valence-electron chi connectivity index (χ3n) is 8.11. The predicted octanol–water partition coefficient (Wildman–Crippen LogP) is 4.94. The Morgan fingerprint density at radius 2 is 1.60 bits per heavy atom. The zero-order valence-corrected chi connectivity index (χ0v) is 21.9. The van der Waals surface area contributed by atoms with E-state index in [2.05, 4.69) is 12.1 Å². The SMILES string of the molecule is C[C@H]1O[C@H](c2ccc(F)cc2)N(C(=O)[C@@H]2CCCN2C(=O)OCC2c3ccccc3-c3ccccc32)[C@@H]1C(=O)O. The number of hydrogen-bond donors (Lipinski definition) is 1. The van der Waals surface area contributed by atoms with Crippen LogP contribution in [-0.4, -0.2) is 64.2 Å². The van der Waals surface area contributed by atoms with Crippen LogP contribution in [-0.2, 0) is 19.1 Å². The van der Waals surface area contributed by atoms with Crippen molar-refractivity contribution in [3.63, 3.8) is 0 Å². The third-order valence-corrected chi connectivity index (χ3v) is 8.11. The highest BCUT2D eigenvalue weighted by Gasteiger charge is 2.51. The lowest BCUT2D eigenvalue weighted by Crippen LogP contribution is -2.53. The first kappa shape index (κ1) is 26.0.